The van der Waals surface area contributed by atoms with Gasteiger partial charge in [-0.05, 0) is 18.2 Å². The lowest BCUT2D eigenvalue weighted by Crippen LogP contribution is -2.04. The van der Waals surface area contributed by atoms with Gasteiger partial charge in [-0.3, -0.25) is 0 Å². The van der Waals surface area contributed by atoms with Crippen LogP contribution in [0.4, 0.5) is 13.2 Å². The van der Waals surface area contributed by atoms with Crippen LogP contribution >= 0.6 is 0 Å². The number of nitrogens with zero attached hydrogens (tertiary/aromatic N) is 1. The van der Waals surface area contributed by atoms with Crippen LogP contribution in [0.25, 0.3) is 11.5 Å². The summed E-state index contributed by atoms with van der Waals surface area (Å²) in [6.45, 7) is 0. The Bertz CT molecular complexity index is 519. The standard InChI is InChI=1S/C11H8F3NO2/c1-16-8-4-2-3-7(5-8)10-15-9(6-17-10)11(12,13)14/h2-6H,1H3. The average Bonchev–Trinajstić information content (AvgIpc) is 2.78. The van der Waals surface area contributed by atoms with Gasteiger partial charge in [-0.2, -0.15) is 13.2 Å². The van der Waals surface area contributed by atoms with E-state index in [4.69, 9.17) is 9.15 Å². The number of hydrogen-bond donors (Lipinski definition) is 0. The highest BCUT2D eigenvalue weighted by Gasteiger charge is 2.34. The van der Waals surface area contributed by atoms with E-state index < -0.39 is 11.9 Å². The van der Waals surface area contributed by atoms with Crippen molar-refractivity contribution < 1.29 is 22.3 Å². The first-order valence-electron chi connectivity index (χ1n) is 4.68. The summed E-state index contributed by atoms with van der Waals surface area (Å²) in [6, 6.07) is 6.46. The van der Waals surface area contributed by atoms with E-state index in [0.717, 1.165) is 0 Å². The van der Waals surface area contributed by atoms with Crippen LogP contribution < -0.4 is 4.74 Å². The van der Waals surface area contributed by atoms with E-state index in [9.17, 15) is 13.2 Å². The molecule has 0 N–H and O–H groups in total. The summed E-state index contributed by atoms with van der Waals surface area (Å²) < 4.78 is 46.7. The van der Waals surface area contributed by atoms with Crippen molar-refractivity contribution in [3.05, 3.63) is 36.2 Å². The summed E-state index contributed by atoms with van der Waals surface area (Å²) in [5, 5.41) is 0. The van der Waals surface area contributed by atoms with Gasteiger partial charge >= 0.3 is 6.18 Å². The first-order valence-corrected chi connectivity index (χ1v) is 4.68. The molecule has 0 aliphatic heterocycles. The Balaban J connectivity index is 2.37. The van der Waals surface area contributed by atoms with E-state index in [-0.39, 0.29) is 5.89 Å². The number of aromatic nitrogens is 1. The van der Waals surface area contributed by atoms with Crippen molar-refractivity contribution in [2.45, 2.75) is 6.18 Å². The Morgan fingerprint density at radius 1 is 1.29 bits per heavy atom. The fraction of sp³-hybridized carbons (Fsp3) is 0.182. The Morgan fingerprint density at radius 3 is 2.65 bits per heavy atom. The van der Waals surface area contributed by atoms with Gasteiger partial charge < -0.3 is 9.15 Å². The van der Waals surface area contributed by atoms with Gasteiger partial charge in [0.05, 0.1) is 7.11 Å². The van der Waals surface area contributed by atoms with Crippen molar-refractivity contribution in [1.29, 1.82) is 0 Å². The quantitative estimate of drug-likeness (QED) is 0.811. The number of ether oxygens (including phenoxy) is 1. The Kier molecular flexibility index (Phi) is 2.79. The molecule has 0 radical (unpaired) electrons. The van der Waals surface area contributed by atoms with Crippen LogP contribution in [0.3, 0.4) is 0 Å². The lowest BCUT2D eigenvalue weighted by Gasteiger charge is -2.01. The van der Waals surface area contributed by atoms with E-state index in [0.29, 0.717) is 17.6 Å². The van der Waals surface area contributed by atoms with Gasteiger partial charge in [-0.1, -0.05) is 6.07 Å². The van der Waals surface area contributed by atoms with Gasteiger partial charge in [0.2, 0.25) is 5.89 Å². The van der Waals surface area contributed by atoms with Gasteiger partial charge in [0.25, 0.3) is 0 Å². The largest absolute Gasteiger partial charge is 0.497 e. The molecule has 0 saturated heterocycles. The van der Waals surface area contributed by atoms with Crippen LogP contribution in [0.5, 0.6) is 5.75 Å². The summed E-state index contributed by atoms with van der Waals surface area (Å²) in [7, 11) is 1.47. The second-order valence-corrected chi connectivity index (χ2v) is 3.27. The molecule has 0 atom stereocenters. The normalized spacial score (nSPS) is 11.5. The van der Waals surface area contributed by atoms with Crippen molar-refractivity contribution in [2.75, 3.05) is 7.11 Å². The third kappa shape index (κ3) is 2.41. The molecule has 0 aliphatic rings. The van der Waals surface area contributed by atoms with Gasteiger partial charge in [0.15, 0.2) is 5.69 Å². The Morgan fingerprint density at radius 2 is 2.06 bits per heavy atom. The molecular formula is C11H8F3NO2. The smallest absolute Gasteiger partial charge is 0.436 e. The summed E-state index contributed by atoms with van der Waals surface area (Å²) in [4.78, 5) is 3.38. The molecule has 17 heavy (non-hydrogen) atoms. The van der Waals surface area contributed by atoms with E-state index in [1.807, 2.05) is 0 Å². The average molecular weight is 243 g/mol. The van der Waals surface area contributed by atoms with E-state index in [2.05, 4.69) is 4.98 Å². The number of alkyl halides is 3. The van der Waals surface area contributed by atoms with Gasteiger partial charge in [-0.25, -0.2) is 4.98 Å². The summed E-state index contributed by atoms with van der Waals surface area (Å²) >= 11 is 0. The SMILES string of the molecule is COc1cccc(-c2nc(C(F)(F)F)co2)c1. The molecule has 0 spiro atoms. The Labute approximate surface area is 94.8 Å². The molecule has 0 aliphatic carbocycles. The molecule has 0 bridgehead atoms. The predicted octanol–water partition coefficient (Wildman–Crippen LogP) is 3.37. The maximum absolute atomic E-state index is 12.3. The number of halogens is 3. The zero-order valence-electron chi connectivity index (χ0n) is 8.78. The summed E-state index contributed by atoms with van der Waals surface area (Å²) in [5.74, 6) is 0.436. The highest BCUT2D eigenvalue weighted by atomic mass is 19.4. The molecular weight excluding hydrogens is 235 g/mol. The van der Waals surface area contributed by atoms with Crippen LogP contribution in [0.1, 0.15) is 5.69 Å². The Hall–Kier alpha value is -1.98. The summed E-state index contributed by atoms with van der Waals surface area (Å²) in [6.07, 6.45) is -3.91. The third-order valence-electron chi connectivity index (χ3n) is 2.11. The molecule has 3 nitrogen and oxygen atoms in total. The van der Waals surface area contributed by atoms with Crippen LogP contribution in [0, 0.1) is 0 Å². The highest BCUT2D eigenvalue weighted by molar-refractivity contribution is 5.56. The topological polar surface area (TPSA) is 35.3 Å². The van der Waals surface area contributed by atoms with Crippen molar-refractivity contribution in [1.82, 2.24) is 4.98 Å². The monoisotopic (exact) mass is 243 g/mol. The van der Waals surface area contributed by atoms with Crippen LogP contribution in [0.2, 0.25) is 0 Å². The predicted molar refractivity (Wildman–Crippen MR) is 53.5 cm³/mol. The number of oxazole rings is 1. The molecule has 0 amide bonds. The number of methoxy groups -OCH3 is 1. The van der Waals surface area contributed by atoms with Crippen molar-refractivity contribution in [2.24, 2.45) is 0 Å². The third-order valence-corrected chi connectivity index (χ3v) is 2.11. The lowest BCUT2D eigenvalue weighted by molar-refractivity contribution is -0.141. The zero-order valence-corrected chi connectivity index (χ0v) is 8.78. The fourth-order valence-electron chi connectivity index (χ4n) is 1.29. The first-order chi connectivity index (χ1) is 8.00. The minimum Gasteiger partial charge on any atom is -0.497 e. The number of benzene rings is 1. The second kappa shape index (κ2) is 4.12. The molecule has 6 heteroatoms. The molecule has 1 heterocycles. The molecule has 0 unspecified atom stereocenters. The molecule has 90 valence electrons. The van der Waals surface area contributed by atoms with Crippen LogP contribution in [0.15, 0.2) is 34.9 Å². The van der Waals surface area contributed by atoms with Crippen LogP contribution in [-0.2, 0) is 6.18 Å². The minimum atomic E-state index is -4.50. The maximum atomic E-state index is 12.3. The van der Waals surface area contributed by atoms with Gasteiger partial charge in [-0.15, -0.1) is 0 Å². The minimum absolute atomic E-state index is 0.0868. The van der Waals surface area contributed by atoms with Crippen LogP contribution in [-0.4, -0.2) is 12.1 Å². The summed E-state index contributed by atoms with van der Waals surface area (Å²) in [5.41, 5.74) is -0.616. The molecule has 1 aromatic carbocycles. The highest BCUT2D eigenvalue weighted by Crippen LogP contribution is 2.31. The van der Waals surface area contributed by atoms with Gasteiger partial charge in [0, 0.05) is 5.56 Å². The first kappa shape index (κ1) is 11.5. The van der Waals surface area contributed by atoms with Crippen molar-refractivity contribution in [3.8, 4) is 17.2 Å². The number of hydrogen-bond acceptors (Lipinski definition) is 3. The van der Waals surface area contributed by atoms with Gasteiger partial charge in [0.1, 0.15) is 12.0 Å². The van der Waals surface area contributed by atoms with E-state index in [1.54, 1.807) is 24.3 Å². The molecule has 1 aromatic heterocycles. The number of rotatable bonds is 2. The molecule has 0 fully saturated rings. The second-order valence-electron chi connectivity index (χ2n) is 3.27. The van der Waals surface area contributed by atoms with E-state index in [1.165, 1.54) is 7.11 Å². The zero-order chi connectivity index (χ0) is 12.5. The molecule has 0 saturated carbocycles. The maximum Gasteiger partial charge on any atom is 0.436 e. The molecule has 2 aromatic rings. The fourth-order valence-corrected chi connectivity index (χ4v) is 1.29. The van der Waals surface area contributed by atoms with Crippen molar-refractivity contribution in [3.63, 3.8) is 0 Å². The lowest BCUT2D eigenvalue weighted by atomic mass is 10.2. The molecule has 2 rings (SSSR count). The van der Waals surface area contributed by atoms with Crippen molar-refractivity contribution >= 4 is 0 Å². The van der Waals surface area contributed by atoms with E-state index >= 15 is 0 Å².